The zero-order chi connectivity index (χ0) is 17.8. The molecule has 0 aliphatic rings. The lowest BCUT2D eigenvalue weighted by Crippen LogP contribution is -2.18. The molecule has 0 saturated heterocycles. The summed E-state index contributed by atoms with van der Waals surface area (Å²) in [7, 11) is 1.88. The number of anilines is 1. The summed E-state index contributed by atoms with van der Waals surface area (Å²) in [6.45, 7) is 4.02. The van der Waals surface area contributed by atoms with Crippen LogP contribution in [-0.4, -0.2) is 41.2 Å². The third-order valence-electron chi connectivity index (χ3n) is 3.53. The van der Waals surface area contributed by atoms with Gasteiger partial charge in [0.25, 0.3) is 0 Å². The molecule has 0 bridgehead atoms. The Bertz CT molecular complexity index is 857. The molecule has 0 radical (unpaired) electrons. The Balaban J connectivity index is 1.63. The van der Waals surface area contributed by atoms with Crippen LogP contribution in [0.3, 0.4) is 0 Å². The fourth-order valence-electron chi connectivity index (χ4n) is 2.33. The molecule has 0 aromatic carbocycles. The Morgan fingerprint density at radius 2 is 1.96 bits per heavy atom. The smallest absolute Gasteiger partial charge is 0.235 e. The Hall–Kier alpha value is -2.68. The number of nitrogens with zero attached hydrogens (tertiary/aromatic N) is 6. The number of carbonyl (C=O) groups excluding carboxylic acids is 1. The zero-order valence-electron chi connectivity index (χ0n) is 14.2. The van der Waals surface area contributed by atoms with Crippen molar-refractivity contribution in [2.45, 2.75) is 25.0 Å². The minimum absolute atomic E-state index is 0.110. The van der Waals surface area contributed by atoms with Gasteiger partial charge in [0.1, 0.15) is 5.82 Å². The van der Waals surface area contributed by atoms with Crippen molar-refractivity contribution in [2.24, 2.45) is 7.05 Å². The Labute approximate surface area is 149 Å². The van der Waals surface area contributed by atoms with Crippen LogP contribution in [0.4, 0.5) is 5.82 Å². The maximum Gasteiger partial charge on any atom is 0.235 e. The Morgan fingerprint density at radius 3 is 2.68 bits per heavy atom. The molecular formula is C16H19N7OS. The second-order valence-electron chi connectivity index (χ2n) is 5.69. The van der Waals surface area contributed by atoms with Crippen molar-refractivity contribution in [2.75, 3.05) is 11.1 Å². The summed E-state index contributed by atoms with van der Waals surface area (Å²) in [6, 6.07) is 5.71. The van der Waals surface area contributed by atoms with Gasteiger partial charge in [-0.25, -0.2) is 4.68 Å². The lowest BCUT2D eigenvalue weighted by molar-refractivity contribution is -0.113. The third kappa shape index (κ3) is 3.87. The van der Waals surface area contributed by atoms with Crippen LogP contribution < -0.4 is 5.32 Å². The SMILES string of the molecule is CC(C)n1nccc1NC(=O)CSc1nnc(-c2ccncc2)n1C. The van der Waals surface area contributed by atoms with E-state index in [1.807, 2.05) is 37.6 Å². The molecule has 1 amide bonds. The first-order valence-electron chi connectivity index (χ1n) is 7.82. The van der Waals surface area contributed by atoms with Gasteiger partial charge in [-0.2, -0.15) is 5.10 Å². The van der Waals surface area contributed by atoms with E-state index in [4.69, 9.17) is 0 Å². The summed E-state index contributed by atoms with van der Waals surface area (Å²) in [6.07, 6.45) is 5.09. The van der Waals surface area contributed by atoms with Gasteiger partial charge < -0.3 is 9.88 Å². The second kappa shape index (κ2) is 7.47. The first-order valence-corrected chi connectivity index (χ1v) is 8.80. The molecule has 0 unspecified atom stereocenters. The number of hydrogen-bond acceptors (Lipinski definition) is 6. The highest BCUT2D eigenvalue weighted by molar-refractivity contribution is 7.99. The van der Waals surface area contributed by atoms with Crippen molar-refractivity contribution in [1.29, 1.82) is 0 Å². The summed E-state index contributed by atoms with van der Waals surface area (Å²) in [5.41, 5.74) is 0.933. The molecule has 0 atom stereocenters. The number of amides is 1. The van der Waals surface area contributed by atoms with Crippen molar-refractivity contribution >= 4 is 23.5 Å². The van der Waals surface area contributed by atoms with E-state index < -0.39 is 0 Å². The van der Waals surface area contributed by atoms with Crippen LogP contribution in [0, 0.1) is 0 Å². The summed E-state index contributed by atoms with van der Waals surface area (Å²) in [5.74, 6) is 1.56. The normalized spacial score (nSPS) is 11.0. The van der Waals surface area contributed by atoms with Crippen LogP contribution in [0.5, 0.6) is 0 Å². The van der Waals surface area contributed by atoms with Crippen molar-refractivity contribution in [1.82, 2.24) is 29.5 Å². The van der Waals surface area contributed by atoms with Gasteiger partial charge in [0.15, 0.2) is 11.0 Å². The standard InChI is InChI=1S/C16H19N7OS/c1-11(2)23-13(6-9-18-23)19-14(24)10-25-16-21-20-15(22(16)3)12-4-7-17-8-5-12/h4-9,11H,10H2,1-3H3,(H,19,24). The second-order valence-corrected chi connectivity index (χ2v) is 6.64. The summed E-state index contributed by atoms with van der Waals surface area (Å²) in [5, 5.41) is 16.1. The van der Waals surface area contributed by atoms with E-state index in [-0.39, 0.29) is 17.7 Å². The van der Waals surface area contributed by atoms with Gasteiger partial charge in [-0.05, 0) is 26.0 Å². The average molecular weight is 357 g/mol. The number of carbonyl (C=O) groups is 1. The molecule has 0 fully saturated rings. The maximum absolute atomic E-state index is 12.2. The van der Waals surface area contributed by atoms with Gasteiger partial charge in [-0.3, -0.25) is 9.78 Å². The molecule has 1 N–H and O–H groups in total. The van der Waals surface area contributed by atoms with Crippen LogP contribution in [0.25, 0.3) is 11.4 Å². The molecule has 0 spiro atoms. The lowest BCUT2D eigenvalue weighted by atomic mass is 10.2. The van der Waals surface area contributed by atoms with Crippen molar-refractivity contribution in [3.05, 3.63) is 36.8 Å². The predicted octanol–water partition coefficient (Wildman–Crippen LogP) is 2.39. The largest absolute Gasteiger partial charge is 0.310 e. The van der Waals surface area contributed by atoms with E-state index in [1.54, 1.807) is 29.3 Å². The number of nitrogens with one attached hydrogen (secondary N) is 1. The van der Waals surface area contributed by atoms with E-state index in [1.165, 1.54) is 11.8 Å². The number of rotatable bonds is 6. The number of pyridine rings is 1. The minimum atomic E-state index is -0.110. The number of thioether (sulfide) groups is 1. The molecule has 8 nitrogen and oxygen atoms in total. The fourth-order valence-corrected chi connectivity index (χ4v) is 3.04. The van der Waals surface area contributed by atoms with Gasteiger partial charge in [0, 0.05) is 37.1 Å². The zero-order valence-corrected chi connectivity index (χ0v) is 15.1. The monoisotopic (exact) mass is 357 g/mol. The van der Waals surface area contributed by atoms with Crippen LogP contribution >= 0.6 is 11.8 Å². The van der Waals surface area contributed by atoms with Crippen molar-refractivity contribution in [3.8, 4) is 11.4 Å². The summed E-state index contributed by atoms with van der Waals surface area (Å²) >= 11 is 1.34. The molecule has 25 heavy (non-hydrogen) atoms. The Morgan fingerprint density at radius 1 is 1.20 bits per heavy atom. The van der Waals surface area contributed by atoms with E-state index in [9.17, 15) is 4.79 Å². The van der Waals surface area contributed by atoms with Crippen LogP contribution in [0.15, 0.2) is 41.9 Å². The van der Waals surface area contributed by atoms with Gasteiger partial charge in [-0.15, -0.1) is 10.2 Å². The van der Waals surface area contributed by atoms with E-state index in [0.29, 0.717) is 11.0 Å². The first-order chi connectivity index (χ1) is 12.1. The highest BCUT2D eigenvalue weighted by atomic mass is 32.2. The highest BCUT2D eigenvalue weighted by Crippen LogP contribution is 2.22. The van der Waals surface area contributed by atoms with E-state index >= 15 is 0 Å². The van der Waals surface area contributed by atoms with Crippen LogP contribution in [-0.2, 0) is 11.8 Å². The predicted molar refractivity (Wildman–Crippen MR) is 96.2 cm³/mol. The van der Waals surface area contributed by atoms with Crippen LogP contribution in [0.1, 0.15) is 19.9 Å². The quantitative estimate of drug-likeness (QED) is 0.681. The first kappa shape index (κ1) is 17.2. The number of hydrogen-bond donors (Lipinski definition) is 1. The van der Waals surface area contributed by atoms with Crippen LogP contribution in [0.2, 0.25) is 0 Å². The number of aromatic nitrogens is 6. The molecular weight excluding hydrogens is 338 g/mol. The topological polar surface area (TPSA) is 90.5 Å². The molecule has 130 valence electrons. The molecule has 0 saturated carbocycles. The molecule has 9 heteroatoms. The van der Waals surface area contributed by atoms with E-state index in [0.717, 1.165) is 11.4 Å². The third-order valence-corrected chi connectivity index (χ3v) is 4.55. The molecule has 0 aliphatic heterocycles. The van der Waals surface area contributed by atoms with E-state index in [2.05, 4.69) is 25.6 Å². The van der Waals surface area contributed by atoms with Gasteiger partial charge in [0.2, 0.25) is 5.91 Å². The van der Waals surface area contributed by atoms with Crippen molar-refractivity contribution in [3.63, 3.8) is 0 Å². The highest BCUT2D eigenvalue weighted by Gasteiger charge is 2.14. The van der Waals surface area contributed by atoms with Gasteiger partial charge in [0.05, 0.1) is 11.9 Å². The minimum Gasteiger partial charge on any atom is -0.310 e. The molecule has 3 heterocycles. The lowest BCUT2D eigenvalue weighted by Gasteiger charge is -2.11. The summed E-state index contributed by atoms with van der Waals surface area (Å²) < 4.78 is 3.64. The Kier molecular flexibility index (Phi) is 5.13. The molecule has 3 aromatic rings. The average Bonchev–Trinajstić information content (AvgIpc) is 3.20. The molecule has 3 aromatic heterocycles. The fraction of sp³-hybridized carbons (Fsp3) is 0.312. The summed E-state index contributed by atoms with van der Waals surface area (Å²) in [4.78, 5) is 16.2. The van der Waals surface area contributed by atoms with Crippen molar-refractivity contribution < 1.29 is 4.79 Å². The maximum atomic E-state index is 12.2. The molecule has 0 aliphatic carbocycles. The molecule has 3 rings (SSSR count). The van der Waals surface area contributed by atoms with Gasteiger partial charge >= 0.3 is 0 Å². The van der Waals surface area contributed by atoms with Gasteiger partial charge in [-0.1, -0.05) is 11.8 Å².